The Morgan fingerprint density at radius 1 is 1.22 bits per heavy atom. The normalized spacial score (nSPS) is 24.7. The summed E-state index contributed by atoms with van der Waals surface area (Å²) in [6.07, 6.45) is 4.47. The summed E-state index contributed by atoms with van der Waals surface area (Å²) in [5, 5.41) is 11.1. The van der Waals surface area contributed by atoms with E-state index in [1.54, 1.807) is 12.1 Å². The standard InChI is InChI=1S/C22H27ClN4O4S/c1-15(28)27-13-17(12-19(27)21(29)25-22(14-24)7-8-22)32(30,31)20-6-5-16(11-18(20)23)26-9-3-2-4-10-26/h5-6,11,17,19H,2-4,7-10,12-13H2,1H3,(H,25,29). The molecule has 3 aliphatic rings. The van der Waals surface area contributed by atoms with Crippen LogP contribution in [0.5, 0.6) is 0 Å². The molecule has 2 amide bonds. The van der Waals surface area contributed by atoms with Gasteiger partial charge in [0.15, 0.2) is 9.84 Å². The maximum absolute atomic E-state index is 13.4. The van der Waals surface area contributed by atoms with Crippen LogP contribution in [0.15, 0.2) is 23.1 Å². The Hall–Kier alpha value is -2.31. The molecule has 2 unspecified atom stereocenters. The molecule has 8 nitrogen and oxygen atoms in total. The number of benzene rings is 1. The number of carbonyl (C=O) groups is 2. The Morgan fingerprint density at radius 3 is 2.47 bits per heavy atom. The summed E-state index contributed by atoms with van der Waals surface area (Å²) < 4.78 is 26.8. The van der Waals surface area contributed by atoms with Gasteiger partial charge in [-0.3, -0.25) is 9.59 Å². The Bertz CT molecular complexity index is 1070. The van der Waals surface area contributed by atoms with Gasteiger partial charge in [-0.1, -0.05) is 11.6 Å². The van der Waals surface area contributed by atoms with Gasteiger partial charge in [0.05, 0.1) is 21.2 Å². The molecule has 2 saturated heterocycles. The van der Waals surface area contributed by atoms with Crippen LogP contribution in [0.3, 0.4) is 0 Å². The number of halogens is 1. The quantitative estimate of drug-likeness (QED) is 0.695. The van der Waals surface area contributed by atoms with Gasteiger partial charge in [-0.2, -0.15) is 5.26 Å². The summed E-state index contributed by atoms with van der Waals surface area (Å²) in [6.45, 7) is 3.06. The number of likely N-dealkylation sites (tertiary alicyclic amines) is 1. The van der Waals surface area contributed by atoms with Crippen LogP contribution >= 0.6 is 11.6 Å². The van der Waals surface area contributed by atoms with E-state index >= 15 is 0 Å². The molecule has 172 valence electrons. The second-order valence-corrected chi connectivity index (χ2v) is 11.5. The highest BCUT2D eigenvalue weighted by atomic mass is 35.5. The minimum Gasteiger partial charge on any atom is -0.371 e. The van der Waals surface area contributed by atoms with Gasteiger partial charge < -0.3 is 15.1 Å². The zero-order valence-electron chi connectivity index (χ0n) is 18.0. The van der Waals surface area contributed by atoms with Crippen molar-refractivity contribution in [3.8, 4) is 6.07 Å². The number of anilines is 1. The van der Waals surface area contributed by atoms with Crippen LogP contribution in [0.25, 0.3) is 0 Å². The van der Waals surface area contributed by atoms with Gasteiger partial charge in [0.2, 0.25) is 11.8 Å². The Labute approximate surface area is 193 Å². The van der Waals surface area contributed by atoms with Crippen molar-refractivity contribution in [3.05, 3.63) is 23.2 Å². The predicted molar refractivity (Wildman–Crippen MR) is 120 cm³/mol. The number of nitrogens with zero attached hydrogens (tertiary/aromatic N) is 3. The van der Waals surface area contributed by atoms with Gasteiger partial charge in [-0.15, -0.1) is 0 Å². The fourth-order valence-electron chi connectivity index (χ4n) is 4.58. The molecule has 2 heterocycles. The van der Waals surface area contributed by atoms with Gasteiger partial charge >= 0.3 is 0 Å². The number of hydrogen-bond acceptors (Lipinski definition) is 6. The number of amides is 2. The zero-order valence-corrected chi connectivity index (χ0v) is 19.6. The van der Waals surface area contributed by atoms with Gasteiger partial charge in [0.25, 0.3) is 0 Å². The average molecular weight is 479 g/mol. The van der Waals surface area contributed by atoms with Crippen LogP contribution in [-0.4, -0.2) is 61.6 Å². The van der Waals surface area contributed by atoms with Crippen LogP contribution in [0.4, 0.5) is 5.69 Å². The number of hydrogen-bond donors (Lipinski definition) is 1. The number of carbonyl (C=O) groups excluding carboxylic acids is 2. The van der Waals surface area contributed by atoms with Gasteiger partial charge in [-0.25, -0.2) is 8.42 Å². The molecular weight excluding hydrogens is 452 g/mol. The number of sulfone groups is 1. The molecular formula is C22H27ClN4O4S. The summed E-state index contributed by atoms with van der Waals surface area (Å²) in [5.74, 6) is -0.861. The summed E-state index contributed by atoms with van der Waals surface area (Å²) in [4.78, 5) is 28.4. The van der Waals surface area contributed by atoms with E-state index in [0.29, 0.717) is 12.8 Å². The van der Waals surface area contributed by atoms with E-state index in [1.807, 2.05) is 0 Å². The van der Waals surface area contributed by atoms with Crippen molar-refractivity contribution in [3.63, 3.8) is 0 Å². The molecule has 4 rings (SSSR count). The van der Waals surface area contributed by atoms with Crippen molar-refractivity contribution in [1.82, 2.24) is 10.2 Å². The predicted octanol–water partition coefficient (Wildman–Crippen LogP) is 2.27. The van der Waals surface area contributed by atoms with Crippen molar-refractivity contribution in [2.45, 2.75) is 67.2 Å². The van der Waals surface area contributed by atoms with Crippen molar-refractivity contribution in [2.24, 2.45) is 0 Å². The minimum absolute atomic E-state index is 0.0187. The maximum atomic E-state index is 13.4. The van der Waals surface area contributed by atoms with Gasteiger partial charge in [-0.05, 0) is 56.7 Å². The average Bonchev–Trinajstić information content (AvgIpc) is 3.38. The third kappa shape index (κ3) is 4.30. The summed E-state index contributed by atoms with van der Waals surface area (Å²) in [7, 11) is -3.87. The Kier molecular flexibility index (Phi) is 6.12. The molecule has 1 aromatic carbocycles. The monoisotopic (exact) mass is 478 g/mol. The van der Waals surface area contributed by atoms with Crippen LogP contribution in [0, 0.1) is 11.3 Å². The first-order valence-corrected chi connectivity index (χ1v) is 12.9. The molecule has 1 aromatic rings. The molecule has 3 fully saturated rings. The largest absolute Gasteiger partial charge is 0.371 e. The highest BCUT2D eigenvalue weighted by Gasteiger charge is 2.50. The molecule has 0 radical (unpaired) electrons. The molecule has 2 atom stereocenters. The fourth-order valence-corrected chi connectivity index (χ4v) is 6.81. The van der Waals surface area contributed by atoms with E-state index < -0.39 is 32.6 Å². The number of rotatable bonds is 5. The Balaban J connectivity index is 1.55. The lowest BCUT2D eigenvalue weighted by atomic mass is 10.1. The van der Waals surface area contributed by atoms with Crippen LogP contribution in [-0.2, 0) is 19.4 Å². The Morgan fingerprint density at radius 2 is 1.91 bits per heavy atom. The molecule has 0 bridgehead atoms. The van der Waals surface area contributed by atoms with Crippen molar-refractivity contribution in [1.29, 1.82) is 5.26 Å². The summed E-state index contributed by atoms with van der Waals surface area (Å²) in [5.41, 5.74) is 0.0123. The van der Waals surface area contributed by atoms with E-state index in [0.717, 1.165) is 31.6 Å². The second-order valence-electron chi connectivity index (χ2n) is 8.94. The van der Waals surface area contributed by atoms with E-state index in [1.165, 1.54) is 24.3 Å². The van der Waals surface area contributed by atoms with E-state index in [4.69, 9.17) is 11.6 Å². The minimum atomic E-state index is -3.87. The lowest BCUT2D eigenvalue weighted by molar-refractivity contribution is -0.137. The topological polar surface area (TPSA) is 111 Å². The van der Waals surface area contributed by atoms with Crippen LogP contribution in [0.2, 0.25) is 5.02 Å². The first-order chi connectivity index (χ1) is 15.2. The molecule has 32 heavy (non-hydrogen) atoms. The number of nitrogens with one attached hydrogen (secondary N) is 1. The lowest BCUT2D eigenvalue weighted by Gasteiger charge is -2.29. The molecule has 1 N–H and O–H groups in total. The third-order valence-corrected chi connectivity index (χ3v) is 9.29. The molecule has 0 aromatic heterocycles. The van der Waals surface area contributed by atoms with Crippen LogP contribution in [0.1, 0.15) is 45.4 Å². The summed E-state index contributed by atoms with van der Waals surface area (Å²) >= 11 is 6.42. The first-order valence-electron chi connectivity index (χ1n) is 11.0. The smallest absolute Gasteiger partial charge is 0.244 e. The van der Waals surface area contributed by atoms with Crippen LogP contribution < -0.4 is 10.2 Å². The third-order valence-electron chi connectivity index (χ3n) is 6.68. The van der Waals surface area contributed by atoms with Gasteiger partial charge in [0.1, 0.15) is 11.6 Å². The van der Waals surface area contributed by atoms with Crippen molar-refractivity contribution >= 4 is 38.9 Å². The first kappa shape index (κ1) is 22.9. The number of piperidine rings is 1. The SMILES string of the molecule is CC(=O)N1CC(S(=O)(=O)c2ccc(N3CCCCC3)cc2Cl)CC1C(=O)NC1(C#N)CC1. The molecule has 1 aliphatic carbocycles. The fraction of sp³-hybridized carbons (Fsp3) is 0.591. The van der Waals surface area contributed by atoms with E-state index in [9.17, 15) is 23.3 Å². The van der Waals surface area contributed by atoms with Crippen molar-refractivity contribution < 1.29 is 18.0 Å². The van der Waals surface area contributed by atoms with Gasteiger partial charge in [0, 0.05) is 32.2 Å². The van der Waals surface area contributed by atoms with E-state index in [-0.39, 0.29) is 28.8 Å². The zero-order chi connectivity index (χ0) is 23.1. The molecule has 10 heteroatoms. The molecule has 1 saturated carbocycles. The second kappa shape index (κ2) is 8.56. The highest BCUT2D eigenvalue weighted by Crippen LogP contribution is 2.37. The van der Waals surface area contributed by atoms with E-state index in [2.05, 4.69) is 16.3 Å². The highest BCUT2D eigenvalue weighted by molar-refractivity contribution is 7.92. The van der Waals surface area contributed by atoms with Crippen molar-refractivity contribution in [2.75, 3.05) is 24.5 Å². The lowest BCUT2D eigenvalue weighted by Crippen LogP contribution is -2.48. The molecule has 0 spiro atoms. The summed E-state index contributed by atoms with van der Waals surface area (Å²) in [6, 6.07) is 6.15. The maximum Gasteiger partial charge on any atom is 0.244 e. The molecule has 2 aliphatic heterocycles. The number of nitriles is 1.